The molecule has 0 spiro atoms. The second kappa shape index (κ2) is 5.82. The molecule has 0 heterocycles. The second-order valence-corrected chi connectivity index (χ2v) is 8.49. The minimum atomic E-state index is -3.62. The highest BCUT2D eigenvalue weighted by molar-refractivity contribution is 7.92. The van der Waals surface area contributed by atoms with Gasteiger partial charge >= 0.3 is 0 Å². The van der Waals surface area contributed by atoms with Crippen molar-refractivity contribution >= 4 is 9.84 Å². The predicted molar refractivity (Wildman–Crippen MR) is 78.2 cm³/mol. The van der Waals surface area contributed by atoms with Crippen molar-refractivity contribution in [2.45, 2.75) is 56.5 Å². The normalized spacial score (nSPS) is 13.5. The second-order valence-electron chi connectivity index (χ2n) is 6.03. The molecule has 1 rings (SSSR count). The van der Waals surface area contributed by atoms with E-state index in [1.54, 1.807) is 24.3 Å². The molecule has 114 valence electrons. The molecule has 0 bridgehead atoms. The Hall–Kier alpha value is -0.940. The molecule has 0 N–H and O–H groups in total. The van der Waals surface area contributed by atoms with E-state index in [1.807, 2.05) is 6.92 Å². The highest BCUT2D eigenvalue weighted by Crippen LogP contribution is 2.27. The van der Waals surface area contributed by atoms with Gasteiger partial charge in [-0.2, -0.15) is 0 Å². The van der Waals surface area contributed by atoms with E-state index in [4.69, 9.17) is 4.74 Å². The number of benzene rings is 1. The summed E-state index contributed by atoms with van der Waals surface area (Å²) in [5, 5.41) is 0. The van der Waals surface area contributed by atoms with Crippen molar-refractivity contribution in [3.8, 4) is 0 Å². The molecule has 0 saturated heterocycles. The van der Waals surface area contributed by atoms with Crippen LogP contribution in [-0.2, 0) is 14.6 Å². The Morgan fingerprint density at radius 1 is 1.10 bits per heavy atom. The van der Waals surface area contributed by atoms with Gasteiger partial charge < -0.3 is 4.74 Å². The zero-order chi connectivity index (χ0) is 15.6. The van der Waals surface area contributed by atoms with Crippen molar-refractivity contribution in [2.24, 2.45) is 0 Å². The lowest BCUT2D eigenvalue weighted by molar-refractivity contribution is 0.0204. The summed E-state index contributed by atoms with van der Waals surface area (Å²) in [5.41, 5.74) is -0.384. The number of alkyl halides is 1. The zero-order valence-electron chi connectivity index (χ0n) is 12.7. The number of aryl methyl sites for hydroxylation is 1. The van der Waals surface area contributed by atoms with E-state index in [-0.39, 0.29) is 17.9 Å². The third-order valence-electron chi connectivity index (χ3n) is 3.12. The summed E-state index contributed by atoms with van der Waals surface area (Å²) in [5.74, 6) is 0. The molecule has 0 atom stereocenters. The lowest BCUT2D eigenvalue weighted by atomic mass is 10.1. The summed E-state index contributed by atoms with van der Waals surface area (Å²) in [4.78, 5) is -1.17. The largest absolute Gasteiger partial charge is 0.359 e. The average Bonchev–Trinajstić information content (AvgIpc) is 2.27. The van der Waals surface area contributed by atoms with Gasteiger partial charge in [-0.25, -0.2) is 12.8 Å². The van der Waals surface area contributed by atoms with Crippen LogP contribution in [0.3, 0.4) is 0 Å². The molecule has 0 unspecified atom stereocenters. The predicted octanol–water partition coefficient (Wildman–Crippen LogP) is 3.66. The van der Waals surface area contributed by atoms with E-state index in [0.29, 0.717) is 0 Å². The van der Waals surface area contributed by atoms with E-state index in [1.165, 1.54) is 27.7 Å². The number of sulfone groups is 1. The SMILES string of the molecule is Cc1ccc(S(=O)(=O)C(C)(C)OCCC(C)(C)F)cc1. The number of halogens is 1. The van der Waals surface area contributed by atoms with Crippen LogP contribution < -0.4 is 0 Å². The molecular formula is C15H23FO3S. The number of rotatable bonds is 6. The monoisotopic (exact) mass is 302 g/mol. The highest BCUT2D eigenvalue weighted by atomic mass is 32.2. The van der Waals surface area contributed by atoms with Gasteiger partial charge in [-0.3, -0.25) is 0 Å². The third-order valence-corrected chi connectivity index (χ3v) is 5.43. The molecule has 0 saturated carbocycles. The van der Waals surface area contributed by atoms with Crippen LogP contribution >= 0.6 is 0 Å². The maximum Gasteiger partial charge on any atom is 0.207 e. The van der Waals surface area contributed by atoms with Crippen molar-refractivity contribution in [3.63, 3.8) is 0 Å². The first-order chi connectivity index (χ1) is 8.96. The molecule has 1 aromatic carbocycles. The quantitative estimate of drug-likeness (QED) is 0.805. The van der Waals surface area contributed by atoms with Gasteiger partial charge in [-0.1, -0.05) is 17.7 Å². The smallest absolute Gasteiger partial charge is 0.207 e. The molecule has 0 aromatic heterocycles. The third kappa shape index (κ3) is 4.28. The lowest BCUT2D eigenvalue weighted by Gasteiger charge is -2.26. The van der Waals surface area contributed by atoms with E-state index < -0.39 is 20.4 Å². The minimum Gasteiger partial charge on any atom is -0.359 e. The molecule has 1 aromatic rings. The van der Waals surface area contributed by atoms with Crippen LogP contribution in [0.5, 0.6) is 0 Å². The van der Waals surface area contributed by atoms with Crippen LogP contribution in [0.25, 0.3) is 0 Å². The first kappa shape index (κ1) is 17.1. The molecule has 3 nitrogen and oxygen atoms in total. The Kier molecular flexibility index (Phi) is 4.98. The molecule has 0 aliphatic carbocycles. The summed E-state index contributed by atoms with van der Waals surface area (Å²) in [6.07, 6.45) is 0.153. The minimum absolute atomic E-state index is 0.0571. The Bertz CT molecular complexity index is 539. The molecule has 20 heavy (non-hydrogen) atoms. The fraction of sp³-hybridized carbons (Fsp3) is 0.600. The number of ether oxygens (including phenoxy) is 1. The van der Waals surface area contributed by atoms with Crippen LogP contribution in [0, 0.1) is 6.92 Å². The van der Waals surface area contributed by atoms with Crippen molar-refractivity contribution in [1.82, 2.24) is 0 Å². The van der Waals surface area contributed by atoms with Crippen LogP contribution in [0.15, 0.2) is 29.2 Å². The van der Waals surface area contributed by atoms with E-state index in [9.17, 15) is 12.8 Å². The van der Waals surface area contributed by atoms with Gasteiger partial charge in [-0.05, 0) is 46.8 Å². The summed E-state index contributed by atoms with van der Waals surface area (Å²) in [6, 6.07) is 6.62. The zero-order valence-corrected chi connectivity index (χ0v) is 13.6. The Morgan fingerprint density at radius 3 is 2.05 bits per heavy atom. The topological polar surface area (TPSA) is 43.4 Å². The first-order valence-corrected chi connectivity index (χ1v) is 8.08. The van der Waals surface area contributed by atoms with Gasteiger partial charge in [0.2, 0.25) is 9.84 Å². The van der Waals surface area contributed by atoms with E-state index in [0.717, 1.165) is 5.56 Å². The summed E-state index contributed by atoms with van der Waals surface area (Å²) in [7, 11) is -3.62. The van der Waals surface area contributed by atoms with Crippen LogP contribution in [0.4, 0.5) is 4.39 Å². The van der Waals surface area contributed by atoms with Gasteiger partial charge in [0.15, 0.2) is 4.93 Å². The van der Waals surface area contributed by atoms with E-state index in [2.05, 4.69) is 0 Å². The Labute approximate surface area is 121 Å². The van der Waals surface area contributed by atoms with Gasteiger partial charge in [-0.15, -0.1) is 0 Å². The molecule has 0 aliphatic rings. The fourth-order valence-corrected chi connectivity index (χ4v) is 2.92. The lowest BCUT2D eigenvalue weighted by Crippen LogP contribution is -2.36. The molecule has 0 aliphatic heterocycles. The molecule has 5 heteroatoms. The van der Waals surface area contributed by atoms with Crippen LogP contribution in [0.1, 0.15) is 39.7 Å². The van der Waals surface area contributed by atoms with E-state index >= 15 is 0 Å². The standard InChI is InChI=1S/C15H23FO3S/c1-12-6-8-13(9-7-12)20(17,18)15(4,5)19-11-10-14(2,3)16/h6-9H,10-11H2,1-5H3. The molecule has 0 fully saturated rings. The van der Waals surface area contributed by atoms with Crippen molar-refractivity contribution in [2.75, 3.05) is 6.61 Å². The molecule has 0 amide bonds. The first-order valence-electron chi connectivity index (χ1n) is 6.60. The van der Waals surface area contributed by atoms with Gasteiger partial charge in [0.1, 0.15) is 5.67 Å². The Balaban J connectivity index is 2.87. The molecular weight excluding hydrogens is 279 g/mol. The summed E-state index contributed by atoms with van der Waals surface area (Å²) >= 11 is 0. The summed E-state index contributed by atoms with van der Waals surface area (Å²) in [6.45, 7) is 7.82. The summed E-state index contributed by atoms with van der Waals surface area (Å²) < 4.78 is 43.8. The van der Waals surface area contributed by atoms with Crippen molar-refractivity contribution < 1.29 is 17.5 Å². The van der Waals surface area contributed by atoms with Gasteiger partial charge in [0, 0.05) is 6.42 Å². The van der Waals surface area contributed by atoms with Gasteiger partial charge in [0.05, 0.1) is 11.5 Å². The van der Waals surface area contributed by atoms with Crippen LogP contribution in [0.2, 0.25) is 0 Å². The Morgan fingerprint density at radius 2 is 1.60 bits per heavy atom. The maximum absolute atomic E-state index is 13.4. The number of hydrogen-bond acceptors (Lipinski definition) is 3. The van der Waals surface area contributed by atoms with Crippen LogP contribution in [-0.4, -0.2) is 25.6 Å². The number of hydrogen-bond donors (Lipinski definition) is 0. The van der Waals surface area contributed by atoms with Gasteiger partial charge in [0.25, 0.3) is 0 Å². The average molecular weight is 302 g/mol. The molecule has 0 radical (unpaired) electrons. The fourth-order valence-electron chi connectivity index (χ4n) is 1.62. The maximum atomic E-state index is 13.4. The van der Waals surface area contributed by atoms with Crippen molar-refractivity contribution in [3.05, 3.63) is 29.8 Å². The highest BCUT2D eigenvalue weighted by Gasteiger charge is 2.37. The van der Waals surface area contributed by atoms with Crippen molar-refractivity contribution in [1.29, 1.82) is 0 Å².